The molecule has 14 heavy (non-hydrogen) atoms. The van der Waals surface area contributed by atoms with Crippen LogP contribution in [0.4, 0.5) is 0 Å². The molecular formula is C11H17BrN2. The molecule has 78 valence electrons. The summed E-state index contributed by atoms with van der Waals surface area (Å²) in [5.41, 5.74) is 2.74. The van der Waals surface area contributed by atoms with Crippen LogP contribution >= 0.6 is 15.9 Å². The van der Waals surface area contributed by atoms with Crippen molar-refractivity contribution in [1.29, 1.82) is 0 Å². The van der Waals surface area contributed by atoms with E-state index in [0.29, 0.717) is 5.92 Å². The maximum Gasteiger partial charge on any atom is 0.108 e. The van der Waals surface area contributed by atoms with Gasteiger partial charge in [0, 0.05) is 24.0 Å². The maximum atomic E-state index is 4.70. The summed E-state index contributed by atoms with van der Waals surface area (Å²) >= 11 is 3.53. The Labute approximate surface area is 93.9 Å². The molecule has 2 heterocycles. The highest BCUT2D eigenvalue weighted by atomic mass is 79.9. The Morgan fingerprint density at radius 3 is 3.00 bits per heavy atom. The van der Waals surface area contributed by atoms with Crippen molar-refractivity contribution in [2.24, 2.45) is 0 Å². The Morgan fingerprint density at radius 1 is 1.57 bits per heavy atom. The lowest BCUT2D eigenvalue weighted by molar-refractivity contribution is 0.462. The molecule has 0 N–H and O–H groups in total. The van der Waals surface area contributed by atoms with Crippen molar-refractivity contribution in [1.82, 2.24) is 9.55 Å². The van der Waals surface area contributed by atoms with Gasteiger partial charge in [0.15, 0.2) is 0 Å². The quantitative estimate of drug-likeness (QED) is 0.744. The lowest BCUT2D eigenvalue weighted by Crippen LogP contribution is -2.16. The predicted octanol–water partition coefficient (Wildman–Crippen LogP) is 3.24. The lowest BCUT2D eigenvalue weighted by Gasteiger charge is -2.23. The minimum atomic E-state index is 0.684. The van der Waals surface area contributed by atoms with Crippen molar-refractivity contribution in [2.75, 3.05) is 0 Å². The molecule has 0 radical (unpaired) electrons. The third-order valence-corrected chi connectivity index (χ3v) is 3.62. The van der Waals surface area contributed by atoms with Crippen LogP contribution in [-0.2, 0) is 18.3 Å². The van der Waals surface area contributed by atoms with Gasteiger partial charge in [0.25, 0.3) is 0 Å². The number of aromatic nitrogens is 2. The number of halogens is 1. The smallest absolute Gasteiger partial charge is 0.108 e. The van der Waals surface area contributed by atoms with Crippen molar-refractivity contribution in [3.63, 3.8) is 0 Å². The average molecular weight is 257 g/mol. The molecule has 1 aromatic heterocycles. The van der Waals surface area contributed by atoms with Gasteiger partial charge in [0.1, 0.15) is 5.82 Å². The first kappa shape index (κ1) is 10.2. The molecule has 2 rings (SSSR count). The summed E-state index contributed by atoms with van der Waals surface area (Å²) in [7, 11) is 0. The van der Waals surface area contributed by atoms with Crippen LogP contribution in [0.3, 0.4) is 0 Å². The lowest BCUT2D eigenvalue weighted by atomic mass is 9.97. The third-order valence-electron chi connectivity index (χ3n) is 3.09. The van der Waals surface area contributed by atoms with Crippen molar-refractivity contribution in [2.45, 2.75) is 50.9 Å². The minimum Gasteiger partial charge on any atom is -0.331 e. The van der Waals surface area contributed by atoms with Crippen molar-refractivity contribution in [3.05, 3.63) is 17.2 Å². The summed E-state index contributed by atoms with van der Waals surface area (Å²) in [6.45, 7) is 5.67. The van der Waals surface area contributed by atoms with Crippen LogP contribution in [0.25, 0.3) is 0 Å². The molecular weight excluding hydrogens is 240 g/mol. The van der Waals surface area contributed by atoms with E-state index in [1.54, 1.807) is 0 Å². The number of alkyl halides is 1. The van der Waals surface area contributed by atoms with Crippen LogP contribution in [0, 0.1) is 0 Å². The van der Waals surface area contributed by atoms with Crippen LogP contribution in [0.2, 0.25) is 0 Å². The number of imidazole rings is 1. The molecule has 0 aromatic carbocycles. The van der Waals surface area contributed by atoms with E-state index in [0.717, 1.165) is 11.8 Å². The molecule has 1 unspecified atom stereocenters. The van der Waals surface area contributed by atoms with Crippen LogP contribution in [0.15, 0.2) is 0 Å². The normalized spacial score (nSPS) is 20.9. The number of hydrogen-bond acceptors (Lipinski definition) is 1. The molecule has 3 heteroatoms. The van der Waals surface area contributed by atoms with E-state index in [1.807, 2.05) is 0 Å². The molecule has 1 aliphatic rings. The summed E-state index contributed by atoms with van der Waals surface area (Å²) in [5, 5.41) is 0.896. The van der Waals surface area contributed by atoms with Crippen LogP contribution in [-0.4, -0.2) is 9.55 Å². The second-order valence-electron chi connectivity index (χ2n) is 4.04. The topological polar surface area (TPSA) is 17.8 Å². The fourth-order valence-electron chi connectivity index (χ4n) is 2.43. The summed E-state index contributed by atoms with van der Waals surface area (Å²) in [4.78, 5) is 4.70. The Hall–Kier alpha value is -0.310. The van der Waals surface area contributed by atoms with Gasteiger partial charge in [-0.3, -0.25) is 0 Å². The summed E-state index contributed by atoms with van der Waals surface area (Å²) in [6, 6.07) is 0. The zero-order chi connectivity index (χ0) is 10.1. The average Bonchev–Trinajstić information content (AvgIpc) is 2.57. The predicted molar refractivity (Wildman–Crippen MR) is 61.9 cm³/mol. The molecule has 0 fully saturated rings. The van der Waals surface area contributed by atoms with E-state index in [-0.39, 0.29) is 0 Å². The molecule has 0 spiro atoms. The van der Waals surface area contributed by atoms with Crippen LogP contribution in [0.5, 0.6) is 0 Å². The third kappa shape index (κ3) is 1.52. The Bertz CT molecular complexity index is 330. The Morgan fingerprint density at radius 2 is 2.36 bits per heavy atom. The van der Waals surface area contributed by atoms with Crippen molar-refractivity contribution in [3.8, 4) is 0 Å². The zero-order valence-electron chi connectivity index (χ0n) is 8.89. The van der Waals surface area contributed by atoms with E-state index in [2.05, 4.69) is 34.3 Å². The van der Waals surface area contributed by atoms with Gasteiger partial charge in [-0.2, -0.15) is 0 Å². The molecule has 1 atom stereocenters. The molecule has 1 aromatic rings. The molecule has 2 nitrogen and oxygen atoms in total. The van der Waals surface area contributed by atoms with Gasteiger partial charge in [0.05, 0.1) is 5.69 Å². The number of rotatable bonds is 2. The highest BCUT2D eigenvalue weighted by Gasteiger charge is 2.23. The van der Waals surface area contributed by atoms with Crippen LogP contribution in [0.1, 0.15) is 49.8 Å². The zero-order valence-corrected chi connectivity index (χ0v) is 10.5. The van der Waals surface area contributed by atoms with Gasteiger partial charge < -0.3 is 4.57 Å². The first-order valence-corrected chi connectivity index (χ1v) is 6.54. The van der Waals surface area contributed by atoms with Crippen molar-refractivity contribution < 1.29 is 0 Å². The summed E-state index contributed by atoms with van der Waals surface area (Å²) in [6.07, 6.45) is 3.67. The summed E-state index contributed by atoms with van der Waals surface area (Å²) < 4.78 is 2.44. The van der Waals surface area contributed by atoms with Gasteiger partial charge in [-0.1, -0.05) is 29.8 Å². The first-order valence-electron chi connectivity index (χ1n) is 5.42. The van der Waals surface area contributed by atoms with Gasteiger partial charge in [-0.15, -0.1) is 0 Å². The van der Waals surface area contributed by atoms with E-state index < -0.39 is 0 Å². The number of nitrogens with zero attached hydrogens (tertiary/aromatic N) is 2. The largest absolute Gasteiger partial charge is 0.331 e. The molecule has 0 saturated carbocycles. The second kappa shape index (κ2) is 4.05. The van der Waals surface area contributed by atoms with Gasteiger partial charge in [0.2, 0.25) is 0 Å². The highest BCUT2D eigenvalue weighted by Crippen LogP contribution is 2.31. The SMILES string of the molecule is CCc1nc(CBr)c2n1CCCC2C. The Kier molecular flexibility index (Phi) is 2.96. The maximum absolute atomic E-state index is 4.70. The first-order chi connectivity index (χ1) is 6.77. The minimum absolute atomic E-state index is 0.684. The Balaban J connectivity index is 2.50. The standard InChI is InChI=1S/C11H17BrN2/c1-3-10-13-9(7-12)11-8(2)5-4-6-14(10)11/h8H,3-7H2,1-2H3. The van der Waals surface area contributed by atoms with E-state index in [4.69, 9.17) is 4.98 Å². The van der Waals surface area contributed by atoms with Crippen molar-refractivity contribution >= 4 is 15.9 Å². The van der Waals surface area contributed by atoms with E-state index in [9.17, 15) is 0 Å². The van der Waals surface area contributed by atoms with E-state index in [1.165, 1.54) is 36.6 Å². The van der Waals surface area contributed by atoms with Gasteiger partial charge in [-0.25, -0.2) is 4.98 Å². The summed E-state index contributed by atoms with van der Waals surface area (Å²) in [5.74, 6) is 1.95. The van der Waals surface area contributed by atoms with Crippen LogP contribution < -0.4 is 0 Å². The fourth-order valence-corrected chi connectivity index (χ4v) is 2.84. The molecule has 0 saturated heterocycles. The number of fused-ring (bicyclic) bond motifs is 1. The number of aryl methyl sites for hydroxylation is 1. The van der Waals surface area contributed by atoms with Gasteiger partial charge in [-0.05, 0) is 18.8 Å². The highest BCUT2D eigenvalue weighted by molar-refractivity contribution is 9.08. The fraction of sp³-hybridized carbons (Fsp3) is 0.727. The van der Waals surface area contributed by atoms with Gasteiger partial charge >= 0.3 is 0 Å². The molecule has 0 amide bonds. The second-order valence-corrected chi connectivity index (χ2v) is 4.60. The monoisotopic (exact) mass is 256 g/mol. The molecule has 0 aliphatic carbocycles. The van der Waals surface area contributed by atoms with E-state index >= 15 is 0 Å². The molecule has 1 aliphatic heterocycles. The molecule has 0 bridgehead atoms. The number of hydrogen-bond donors (Lipinski definition) is 0.